The first-order chi connectivity index (χ1) is 8.49. The van der Waals surface area contributed by atoms with Crippen LogP contribution >= 0.6 is 0 Å². The van der Waals surface area contributed by atoms with E-state index in [0.717, 1.165) is 0 Å². The zero-order valence-electron chi connectivity index (χ0n) is 9.09. The van der Waals surface area contributed by atoms with Gasteiger partial charge in [-0.2, -0.15) is 13.2 Å². The van der Waals surface area contributed by atoms with Gasteiger partial charge in [-0.05, 0) is 17.7 Å². The van der Waals surface area contributed by atoms with Gasteiger partial charge in [0.1, 0.15) is 5.75 Å². The number of halogens is 6. The fourth-order valence-corrected chi connectivity index (χ4v) is 1.28. The third-order valence-corrected chi connectivity index (χ3v) is 2.26. The van der Waals surface area contributed by atoms with Gasteiger partial charge in [-0.15, -0.1) is 13.2 Å². The van der Waals surface area contributed by atoms with Crippen LogP contribution in [0.5, 0.6) is 5.75 Å². The quantitative estimate of drug-likeness (QED) is 0.840. The molecule has 0 amide bonds. The Hall–Kier alpha value is -1.48. The summed E-state index contributed by atoms with van der Waals surface area (Å²) in [5, 5.41) is 18.0. The first-order valence-electron chi connectivity index (χ1n) is 4.76. The number of ether oxygens (including phenoxy) is 1. The van der Waals surface area contributed by atoms with Gasteiger partial charge in [0, 0.05) is 0 Å². The van der Waals surface area contributed by atoms with Crippen LogP contribution in [0.4, 0.5) is 26.3 Å². The minimum absolute atomic E-state index is 0.588. The third-order valence-electron chi connectivity index (χ3n) is 2.26. The zero-order valence-corrected chi connectivity index (χ0v) is 9.09. The van der Waals surface area contributed by atoms with Gasteiger partial charge in [-0.1, -0.05) is 12.1 Å². The molecule has 0 heterocycles. The molecule has 108 valence electrons. The molecule has 0 spiro atoms. The van der Waals surface area contributed by atoms with Crippen molar-refractivity contribution in [3.8, 4) is 5.75 Å². The summed E-state index contributed by atoms with van der Waals surface area (Å²) in [5.74, 6) is -0.737. The molecule has 0 saturated carbocycles. The van der Waals surface area contributed by atoms with Crippen LogP contribution in [0.3, 0.4) is 0 Å². The van der Waals surface area contributed by atoms with E-state index in [1.165, 1.54) is 0 Å². The Morgan fingerprint density at radius 3 is 1.74 bits per heavy atom. The van der Waals surface area contributed by atoms with Crippen LogP contribution in [0.25, 0.3) is 0 Å². The zero-order chi connectivity index (χ0) is 14.9. The maximum atomic E-state index is 12.5. The lowest BCUT2D eigenvalue weighted by atomic mass is 9.94. The molecule has 1 rings (SSSR count). The van der Waals surface area contributed by atoms with Gasteiger partial charge >= 0.3 is 12.5 Å². The minimum Gasteiger partial charge on any atom is -0.406 e. The minimum atomic E-state index is -5.17. The van der Waals surface area contributed by atoms with Gasteiger partial charge in [0.05, 0.1) is 6.61 Å². The Balaban J connectivity index is 3.04. The average molecular weight is 290 g/mol. The van der Waals surface area contributed by atoms with Crippen LogP contribution in [0.15, 0.2) is 24.3 Å². The predicted molar refractivity (Wildman–Crippen MR) is 50.2 cm³/mol. The Labute approximate surface area is 103 Å². The molecule has 3 nitrogen and oxygen atoms in total. The number of aliphatic hydroxyl groups is 2. The lowest BCUT2D eigenvalue weighted by molar-refractivity contribution is -0.278. The molecule has 1 unspecified atom stereocenters. The summed E-state index contributed by atoms with van der Waals surface area (Å²) < 4.78 is 76.6. The van der Waals surface area contributed by atoms with E-state index in [1.807, 2.05) is 0 Å². The number of hydrogen-bond donors (Lipinski definition) is 2. The molecule has 0 aromatic heterocycles. The number of hydrogen-bond acceptors (Lipinski definition) is 3. The first kappa shape index (κ1) is 15.6. The number of aliphatic hydroxyl groups excluding tert-OH is 1. The number of benzene rings is 1. The fourth-order valence-electron chi connectivity index (χ4n) is 1.28. The van der Waals surface area contributed by atoms with Crippen LogP contribution in [0, 0.1) is 0 Å². The standard InChI is InChI=1S/C10H8F6O3/c11-9(12,13)8(18,5-17)6-1-3-7(4-2-6)19-10(14,15)16/h1-4,17-18H,5H2. The van der Waals surface area contributed by atoms with Crippen LogP contribution in [-0.2, 0) is 5.60 Å². The smallest absolute Gasteiger partial charge is 0.406 e. The van der Waals surface area contributed by atoms with Gasteiger partial charge in [-0.3, -0.25) is 0 Å². The summed E-state index contributed by atoms with van der Waals surface area (Å²) >= 11 is 0. The van der Waals surface area contributed by atoms with E-state index in [4.69, 9.17) is 5.11 Å². The summed E-state index contributed by atoms with van der Waals surface area (Å²) in [5.41, 5.74) is -4.33. The molecule has 0 saturated heterocycles. The van der Waals surface area contributed by atoms with Crippen LogP contribution in [-0.4, -0.2) is 29.4 Å². The molecule has 1 aromatic rings. The van der Waals surface area contributed by atoms with Crippen molar-refractivity contribution >= 4 is 0 Å². The predicted octanol–water partition coefficient (Wildman–Crippen LogP) is 2.33. The molecule has 0 aliphatic heterocycles. The van der Waals surface area contributed by atoms with Gasteiger partial charge in [0.15, 0.2) is 0 Å². The lowest BCUT2D eigenvalue weighted by Gasteiger charge is -2.28. The second kappa shape index (κ2) is 4.89. The Bertz CT molecular complexity index is 424. The normalized spacial score (nSPS) is 16.0. The van der Waals surface area contributed by atoms with Gasteiger partial charge in [-0.25, -0.2) is 0 Å². The second-order valence-corrected chi connectivity index (χ2v) is 3.59. The summed E-state index contributed by atoms with van der Waals surface area (Å²) in [7, 11) is 0. The van der Waals surface area contributed by atoms with Crippen LogP contribution in [0.2, 0.25) is 0 Å². The molecular formula is C10H8F6O3. The van der Waals surface area contributed by atoms with Crippen molar-refractivity contribution in [3.05, 3.63) is 29.8 Å². The van der Waals surface area contributed by atoms with Crippen molar-refractivity contribution < 1.29 is 41.3 Å². The van der Waals surface area contributed by atoms with E-state index in [0.29, 0.717) is 24.3 Å². The Kier molecular flexibility index (Phi) is 4.01. The molecule has 0 aliphatic rings. The summed E-state index contributed by atoms with van der Waals surface area (Å²) in [4.78, 5) is 0. The monoisotopic (exact) mass is 290 g/mol. The van der Waals surface area contributed by atoms with E-state index in [2.05, 4.69) is 4.74 Å². The molecule has 19 heavy (non-hydrogen) atoms. The highest BCUT2D eigenvalue weighted by molar-refractivity contribution is 5.32. The van der Waals surface area contributed by atoms with Crippen molar-refractivity contribution in [1.29, 1.82) is 0 Å². The van der Waals surface area contributed by atoms with Crippen LogP contribution < -0.4 is 4.74 Å². The SMILES string of the molecule is OCC(O)(c1ccc(OC(F)(F)F)cc1)C(F)(F)F. The van der Waals surface area contributed by atoms with E-state index >= 15 is 0 Å². The highest BCUT2D eigenvalue weighted by Crippen LogP contribution is 2.39. The van der Waals surface area contributed by atoms with Gasteiger partial charge in [0.2, 0.25) is 5.60 Å². The number of rotatable bonds is 3. The fraction of sp³-hybridized carbons (Fsp3) is 0.400. The molecule has 2 N–H and O–H groups in total. The molecule has 1 atom stereocenters. The molecular weight excluding hydrogens is 282 g/mol. The second-order valence-electron chi connectivity index (χ2n) is 3.59. The highest BCUT2D eigenvalue weighted by Gasteiger charge is 2.54. The van der Waals surface area contributed by atoms with E-state index < -0.39 is 36.1 Å². The largest absolute Gasteiger partial charge is 0.573 e. The lowest BCUT2D eigenvalue weighted by Crippen LogP contribution is -2.45. The van der Waals surface area contributed by atoms with Crippen molar-refractivity contribution in [2.75, 3.05) is 6.61 Å². The van der Waals surface area contributed by atoms with Gasteiger partial charge in [0.25, 0.3) is 0 Å². The van der Waals surface area contributed by atoms with E-state index in [9.17, 15) is 31.4 Å². The highest BCUT2D eigenvalue weighted by atomic mass is 19.4. The average Bonchev–Trinajstić information content (AvgIpc) is 2.25. The molecule has 0 fully saturated rings. The molecule has 9 heteroatoms. The third kappa shape index (κ3) is 3.51. The molecule has 0 aliphatic carbocycles. The van der Waals surface area contributed by atoms with Crippen molar-refractivity contribution in [1.82, 2.24) is 0 Å². The summed E-state index contributed by atoms with van der Waals surface area (Å²) in [6, 6.07) is 2.39. The van der Waals surface area contributed by atoms with Crippen LogP contribution in [0.1, 0.15) is 5.56 Å². The van der Waals surface area contributed by atoms with E-state index in [1.54, 1.807) is 0 Å². The summed E-state index contributed by atoms with van der Waals surface area (Å²) in [6.07, 6.45) is -10.1. The molecule has 0 bridgehead atoms. The van der Waals surface area contributed by atoms with Gasteiger partial charge < -0.3 is 14.9 Å². The first-order valence-corrected chi connectivity index (χ1v) is 4.76. The Morgan fingerprint density at radius 2 is 1.42 bits per heavy atom. The van der Waals surface area contributed by atoms with Crippen molar-refractivity contribution in [3.63, 3.8) is 0 Å². The van der Waals surface area contributed by atoms with Crippen molar-refractivity contribution in [2.45, 2.75) is 18.1 Å². The Morgan fingerprint density at radius 1 is 0.947 bits per heavy atom. The number of alkyl halides is 6. The molecule has 1 aromatic carbocycles. The maximum Gasteiger partial charge on any atom is 0.573 e. The maximum absolute atomic E-state index is 12.5. The van der Waals surface area contributed by atoms with E-state index in [-0.39, 0.29) is 0 Å². The van der Waals surface area contributed by atoms with Crippen molar-refractivity contribution in [2.24, 2.45) is 0 Å². The topological polar surface area (TPSA) is 49.7 Å². The summed E-state index contributed by atoms with van der Waals surface area (Å²) in [6.45, 7) is -1.66. The molecule has 0 radical (unpaired) electrons.